The van der Waals surface area contributed by atoms with E-state index in [2.05, 4.69) is 36.9 Å². The summed E-state index contributed by atoms with van der Waals surface area (Å²) in [6.45, 7) is 2.39. The number of nitrogens with zero attached hydrogens (tertiary/aromatic N) is 1. The Bertz CT molecular complexity index is 862. The third-order valence-corrected chi connectivity index (χ3v) is 4.48. The molecule has 1 amide bonds. The van der Waals surface area contributed by atoms with Gasteiger partial charge < -0.3 is 25.4 Å². The van der Waals surface area contributed by atoms with E-state index in [4.69, 9.17) is 9.47 Å². The fourth-order valence-corrected chi connectivity index (χ4v) is 2.83. The standard InChI is InChI=1S/C20H25BrN4O3.HI/c1-13-5-6-14(21)11-16(13)25-19(26)9-10-23-20(22-2)24-15-7-8-17(27-3)18(12-15)28-4;/h5-8,11-12H,9-10H2,1-4H3,(H,25,26)(H2,22,23,24);1H. The van der Waals surface area contributed by atoms with Crippen LogP contribution in [0.25, 0.3) is 0 Å². The van der Waals surface area contributed by atoms with Crippen LogP contribution in [0.5, 0.6) is 11.5 Å². The van der Waals surface area contributed by atoms with Gasteiger partial charge in [-0.2, -0.15) is 0 Å². The Labute approximate surface area is 196 Å². The van der Waals surface area contributed by atoms with Crippen LogP contribution in [0.4, 0.5) is 11.4 Å². The first-order valence-corrected chi connectivity index (χ1v) is 9.51. The largest absolute Gasteiger partial charge is 0.493 e. The molecule has 7 nitrogen and oxygen atoms in total. The number of aliphatic imine (C=N–C) groups is 1. The summed E-state index contributed by atoms with van der Waals surface area (Å²) in [5.41, 5.74) is 2.60. The molecule has 0 spiro atoms. The minimum atomic E-state index is -0.0738. The Morgan fingerprint density at radius 1 is 1.07 bits per heavy atom. The summed E-state index contributed by atoms with van der Waals surface area (Å²) in [5, 5.41) is 9.20. The van der Waals surface area contributed by atoms with Gasteiger partial charge in [-0.05, 0) is 36.8 Å². The molecule has 0 saturated heterocycles. The number of benzene rings is 2. The van der Waals surface area contributed by atoms with Crippen molar-refractivity contribution in [2.24, 2.45) is 4.99 Å². The molecule has 0 radical (unpaired) electrons. The Morgan fingerprint density at radius 3 is 2.45 bits per heavy atom. The SMILES string of the molecule is CN=C(NCCC(=O)Nc1cc(Br)ccc1C)Nc1ccc(OC)c(OC)c1.I. The van der Waals surface area contributed by atoms with E-state index in [0.717, 1.165) is 21.4 Å². The van der Waals surface area contributed by atoms with E-state index < -0.39 is 0 Å². The van der Waals surface area contributed by atoms with Gasteiger partial charge in [0, 0.05) is 41.9 Å². The van der Waals surface area contributed by atoms with Gasteiger partial charge in [0.15, 0.2) is 17.5 Å². The predicted molar refractivity (Wildman–Crippen MR) is 132 cm³/mol. The molecule has 3 N–H and O–H groups in total. The number of anilines is 2. The molecule has 0 fully saturated rings. The maximum absolute atomic E-state index is 12.2. The van der Waals surface area contributed by atoms with Crippen LogP contribution in [-0.4, -0.2) is 39.7 Å². The van der Waals surface area contributed by atoms with Crippen LogP contribution in [0.2, 0.25) is 0 Å². The zero-order chi connectivity index (χ0) is 20.5. The van der Waals surface area contributed by atoms with Crippen molar-refractivity contribution in [1.82, 2.24) is 5.32 Å². The summed E-state index contributed by atoms with van der Waals surface area (Å²) in [5.74, 6) is 1.75. The number of aryl methyl sites for hydroxylation is 1. The van der Waals surface area contributed by atoms with E-state index in [1.165, 1.54) is 0 Å². The summed E-state index contributed by atoms with van der Waals surface area (Å²) in [6.07, 6.45) is 0.304. The molecule has 2 aromatic rings. The van der Waals surface area contributed by atoms with Crippen molar-refractivity contribution in [2.45, 2.75) is 13.3 Å². The summed E-state index contributed by atoms with van der Waals surface area (Å²) < 4.78 is 11.5. The van der Waals surface area contributed by atoms with E-state index >= 15 is 0 Å². The highest BCUT2D eigenvalue weighted by molar-refractivity contribution is 14.0. The molecular weight excluding hydrogens is 551 g/mol. The predicted octanol–water partition coefficient (Wildman–Crippen LogP) is 4.41. The van der Waals surface area contributed by atoms with Crippen molar-refractivity contribution in [2.75, 3.05) is 38.4 Å². The minimum Gasteiger partial charge on any atom is -0.493 e. The Kier molecular flexibility index (Phi) is 10.8. The van der Waals surface area contributed by atoms with Crippen molar-refractivity contribution < 1.29 is 14.3 Å². The van der Waals surface area contributed by atoms with Crippen LogP contribution < -0.4 is 25.4 Å². The molecule has 158 valence electrons. The number of nitrogens with one attached hydrogen (secondary N) is 3. The maximum atomic E-state index is 12.2. The number of ether oxygens (including phenoxy) is 2. The first kappa shape index (κ1) is 25.0. The first-order chi connectivity index (χ1) is 13.5. The number of carbonyl (C=O) groups excluding carboxylic acids is 1. The van der Waals surface area contributed by atoms with Gasteiger partial charge >= 0.3 is 0 Å². The van der Waals surface area contributed by atoms with Gasteiger partial charge in [0.1, 0.15) is 0 Å². The monoisotopic (exact) mass is 576 g/mol. The quantitative estimate of drug-likeness (QED) is 0.258. The fraction of sp³-hybridized carbons (Fsp3) is 0.300. The fourth-order valence-electron chi connectivity index (χ4n) is 2.47. The number of guanidine groups is 1. The first-order valence-electron chi connectivity index (χ1n) is 8.72. The number of halogens is 2. The van der Waals surface area contributed by atoms with Crippen molar-refractivity contribution in [3.8, 4) is 11.5 Å². The van der Waals surface area contributed by atoms with Crippen LogP contribution in [0.3, 0.4) is 0 Å². The topological polar surface area (TPSA) is 84.0 Å². The van der Waals surface area contributed by atoms with Gasteiger partial charge in [0.25, 0.3) is 0 Å². The Hall–Kier alpha value is -2.01. The molecular formula is C20H26BrIN4O3. The molecule has 2 aromatic carbocycles. The van der Waals surface area contributed by atoms with Crippen molar-refractivity contribution >= 4 is 63.1 Å². The zero-order valence-electron chi connectivity index (χ0n) is 16.8. The summed E-state index contributed by atoms with van der Waals surface area (Å²) in [4.78, 5) is 16.4. The molecule has 0 aliphatic carbocycles. The van der Waals surface area contributed by atoms with Gasteiger partial charge in [-0.3, -0.25) is 9.79 Å². The van der Waals surface area contributed by atoms with E-state index in [1.807, 2.05) is 43.3 Å². The third-order valence-electron chi connectivity index (χ3n) is 3.99. The van der Waals surface area contributed by atoms with E-state index in [1.54, 1.807) is 21.3 Å². The third kappa shape index (κ3) is 7.73. The molecule has 29 heavy (non-hydrogen) atoms. The van der Waals surface area contributed by atoms with Crippen LogP contribution >= 0.6 is 39.9 Å². The van der Waals surface area contributed by atoms with Crippen molar-refractivity contribution in [3.05, 3.63) is 46.4 Å². The Balaban J connectivity index is 0.00000420. The lowest BCUT2D eigenvalue weighted by atomic mass is 10.2. The van der Waals surface area contributed by atoms with Crippen molar-refractivity contribution in [1.29, 1.82) is 0 Å². The average molecular weight is 577 g/mol. The molecule has 0 unspecified atom stereocenters. The van der Waals surface area contributed by atoms with E-state index in [0.29, 0.717) is 30.4 Å². The van der Waals surface area contributed by atoms with Crippen molar-refractivity contribution in [3.63, 3.8) is 0 Å². The van der Waals surface area contributed by atoms with Crippen LogP contribution in [0, 0.1) is 6.92 Å². The second kappa shape index (κ2) is 12.5. The zero-order valence-corrected chi connectivity index (χ0v) is 20.8. The van der Waals surface area contributed by atoms with E-state index in [9.17, 15) is 4.79 Å². The number of methoxy groups -OCH3 is 2. The highest BCUT2D eigenvalue weighted by atomic mass is 127. The lowest BCUT2D eigenvalue weighted by Gasteiger charge is -2.14. The van der Waals surface area contributed by atoms with E-state index in [-0.39, 0.29) is 29.9 Å². The van der Waals surface area contributed by atoms with Crippen LogP contribution in [-0.2, 0) is 4.79 Å². The molecule has 0 aromatic heterocycles. The van der Waals surface area contributed by atoms with Crippen LogP contribution in [0.15, 0.2) is 45.9 Å². The number of amides is 1. The maximum Gasteiger partial charge on any atom is 0.226 e. The van der Waals surface area contributed by atoms with Gasteiger partial charge in [-0.1, -0.05) is 22.0 Å². The average Bonchev–Trinajstić information content (AvgIpc) is 2.69. The summed E-state index contributed by atoms with van der Waals surface area (Å²) >= 11 is 3.41. The molecule has 0 heterocycles. The van der Waals surface area contributed by atoms with Crippen LogP contribution in [0.1, 0.15) is 12.0 Å². The Morgan fingerprint density at radius 2 is 1.79 bits per heavy atom. The highest BCUT2D eigenvalue weighted by Gasteiger charge is 2.08. The van der Waals surface area contributed by atoms with Gasteiger partial charge in [0.05, 0.1) is 14.2 Å². The number of hydrogen-bond acceptors (Lipinski definition) is 4. The second-order valence-corrected chi connectivity index (χ2v) is 6.87. The normalized spacial score (nSPS) is 10.6. The molecule has 0 aliphatic heterocycles. The lowest BCUT2D eigenvalue weighted by molar-refractivity contribution is -0.116. The highest BCUT2D eigenvalue weighted by Crippen LogP contribution is 2.29. The summed E-state index contributed by atoms with van der Waals surface area (Å²) in [7, 11) is 4.84. The van der Waals surface area contributed by atoms with Gasteiger partial charge in [-0.15, -0.1) is 24.0 Å². The molecule has 0 bridgehead atoms. The van der Waals surface area contributed by atoms with Gasteiger partial charge in [-0.25, -0.2) is 0 Å². The lowest BCUT2D eigenvalue weighted by Crippen LogP contribution is -2.33. The minimum absolute atomic E-state index is 0. The molecule has 0 saturated carbocycles. The molecule has 0 aliphatic rings. The van der Waals surface area contributed by atoms with Gasteiger partial charge in [0.2, 0.25) is 5.91 Å². The molecule has 9 heteroatoms. The summed E-state index contributed by atoms with van der Waals surface area (Å²) in [6, 6.07) is 11.3. The smallest absolute Gasteiger partial charge is 0.226 e. The second-order valence-electron chi connectivity index (χ2n) is 5.95. The number of rotatable bonds is 7. The number of hydrogen-bond donors (Lipinski definition) is 3. The number of carbonyl (C=O) groups is 1. The molecule has 0 atom stereocenters. The molecule has 2 rings (SSSR count).